The van der Waals surface area contributed by atoms with E-state index in [4.69, 9.17) is 15.7 Å². The Morgan fingerprint density at radius 3 is 2.60 bits per heavy atom. The van der Waals surface area contributed by atoms with Gasteiger partial charge in [0.25, 0.3) is 0 Å². The van der Waals surface area contributed by atoms with Crippen molar-refractivity contribution in [2.45, 2.75) is 18.7 Å². The number of hydrogen-bond acceptors (Lipinski definition) is 9. The Labute approximate surface area is 238 Å². The summed E-state index contributed by atoms with van der Waals surface area (Å²) in [5.41, 5.74) is 11.4. The van der Waals surface area contributed by atoms with Crippen molar-refractivity contribution in [2.24, 2.45) is 5.73 Å². The van der Waals surface area contributed by atoms with Crippen LogP contribution in [-0.2, 0) is 14.6 Å². The number of benzene rings is 1. The van der Waals surface area contributed by atoms with E-state index in [1.54, 1.807) is 31.6 Å². The van der Waals surface area contributed by atoms with Crippen molar-refractivity contribution >= 4 is 43.5 Å². The fourth-order valence-electron chi connectivity index (χ4n) is 4.56. The summed E-state index contributed by atoms with van der Waals surface area (Å²) >= 11 is 0. The van der Waals surface area contributed by atoms with Crippen molar-refractivity contribution in [3.8, 4) is 33.9 Å². The highest BCUT2D eigenvalue weighted by Crippen LogP contribution is 2.33. The number of anilines is 1. The number of nitrogens with zero attached hydrogens (tertiary/aromatic N) is 5. The fraction of sp³-hybridized carbons (Fsp3) is 0.143. The SMILES string of the molecule is CCC(=O)Nc1cncc(-c2ccc3[nH]nc(-c4nc5c(-c6cc(F)cc(C(N)S(C)(=O)=O)c6)cncc5[nH]4)c3n2)c1. The molecule has 212 valence electrons. The van der Waals surface area contributed by atoms with Crippen molar-refractivity contribution in [3.05, 3.63) is 72.6 Å². The molecule has 1 aromatic carbocycles. The largest absolute Gasteiger partial charge is 0.335 e. The molecule has 5 N–H and O–H groups in total. The minimum atomic E-state index is -3.66. The molecule has 1 atom stereocenters. The van der Waals surface area contributed by atoms with E-state index in [0.29, 0.717) is 68.1 Å². The van der Waals surface area contributed by atoms with E-state index in [1.807, 2.05) is 12.1 Å². The predicted octanol–water partition coefficient (Wildman–Crippen LogP) is 4.11. The van der Waals surface area contributed by atoms with Crippen LogP contribution in [0.15, 0.2) is 61.2 Å². The summed E-state index contributed by atoms with van der Waals surface area (Å²) in [6.07, 6.45) is 7.65. The first-order valence-corrected chi connectivity index (χ1v) is 14.8. The summed E-state index contributed by atoms with van der Waals surface area (Å²) in [6.45, 7) is 1.77. The Bertz CT molecular complexity index is 2110. The molecule has 0 aliphatic carbocycles. The topological polar surface area (TPSA) is 185 Å². The minimum absolute atomic E-state index is 0.114. The minimum Gasteiger partial charge on any atom is -0.335 e. The smallest absolute Gasteiger partial charge is 0.224 e. The first-order valence-electron chi connectivity index (χ1n) is 12.8. The third-order valence-corrected chi connectivity index (χ3v) is 7.88. The van der Waals surface area contributed by atoms with Gasteiger partial charge in [-0.15, -0.1) is 0 Å². The molecule has 5 aromatic heterocycles. The molecule has 6 aromatic rings. The molecule has 42 heavy (non-hydrogen) atoms. The van der Waals surface area contributed by atoms with Gasteiger partial charge in [0.1, 0.15) is 16.7 Å². The van der Waals surface area contributed by atoms with Gasteiger partial charge in [-0.05, 0) is 47.5 Å². The molecule has 0 fully saturated rings. The van der Waals surface area contributed by atoms with E-state index in [0.717, 1.165) is 12.3 Å². The molecular formula is C28H24FN9O3S. The van der Waals surface area contributed by atoms with Crippen LogP contribution in [0.4, 0.5) is 10.1 Å². The van der Waals surface area contributed by atoms with Gasteiger partial charge in [0.15, 0.2) is 21.4 Å². The molecule has 0 spiro atoms. The van der Waals surface area contributed by atoms with Crippen LogP contribution in [0.25, 0.3) is 56.0 Å². The number of halogens is 1. The van der Waals surface area contributed by atoms with Crippen LogP contribution in [0.2, 0.25) is 0 Å². The molecule has 5 heterocycles. The highest BCUT2D eigenvalue weighted by atomic mass is 32.2. The molecule has 12 nitrogen and oxygen atoms in total. The number of aromatic amines is 2. The van der Waals surface area contributed by atoms with Crippen molar-refractivity contribution in [1.82, 2.24) is 35.1 Å². The molecule has 0 saturated heterocycles. The summed E-state index contributed by atoms with van der Waals surface area (Å²) in [5, 5.41) is 8.80. The summed E-state index contributed by atoms with van der Waals surface area (Å²) in [4.78, 5) is 33.1. The third kappa shape index (κ3) is 5.08. The van der Waals surface area contributed by atoms with Crippen LogP contribution >= 0.6 is 0 Å². The Kier molecular flexibility index (Phi) is 6.71. The second-order valence-electron chi connectivity index (χ2n) is 9.72. The average Bonchev–Trinajstić information content (AvgIpc) is 3.59. The van der Waals surface area contributed by atoms with Crippen molar-refractivity contribution < 1.29 is 17.6 Å². The van der Waals surface area contributed by atoms with Gasteiger partial charge in [-0.25, -0.2) is 22.8 Å². The standard InChI is InChI=1S/C28H24FN9O3S/c1-3-23(39)33-18-9-16(10-31-11-18)20-4-5-21-25(34-20)26(38-37-21)28-35-22-13-32-12-19(24(22)36-28)14-6-15(8-17(29)7-14)27(30)42(2,40)41/h4-13,27H,3,30H2,1-2H3,(H,33,39)(H,35,36)(H,37,38). The van der Waals surface area contributed by atoms with E-state index in [9.17, 15) is 17.6 Å². The lowest BCUT2D eigenvalue weighted by Crippen LogP contribution is -2.20. The molecule has 14 heteroatoms. The number of hydrogen-bond donors (Lipinski definition) is 4. The number of sulfone groups is 1. The molecule has 0 aliphatic heterocycles. The first-order chi connectivity index (χ1) is 20.1. The maximum atomic E-state index is 14.6. The van der Waals surface area contributed by atoms with Gasteiger partial charge in [-0.1, -0.05) is 6.92 Å². The van der Waals surface area contributed by atoms with Crippen LogP contribution in [0.5, 0.6) is 0 Å². The number of carbonyl (C=O) groups excluding carboxylic acids is 1. The number of fused-ring (bicyclic) bond motifs is 2. The van der Waals surface area contributed by atoms with E-state index in [2.05, 4.69) is 30.5 Å². The number of amides is 1. The number of imidazole rings is 1. The number of nitrogens with one attached hydrogen (secondary N) is 3. The molecule has 6 rings (SSSR count). The van der Waals surface area contributed by atoms with E-state index in [-0.39, 0.29) is 11.5 Å². The van der Waals surface area contributed by atoms with Crippen LogP contribution in [0, 0.1) is 5.82 Å². The first kappa shape index (κ1) is 27.1. The highest BCUT2D eigenvalue weighted by molar-refractivity contribution is 7.90. The van der Waals surface area contributed by atoms with Gasteiger partial charge in [-0.2, -0.15) is 5.10 Å². The summed E-state index contributed by atoms with van der Waals surface area (Å²) < 4.78 is 38.6. The monoisotopic (exact) mass is 585 g/mol. The molecule has 1 unspecified atom stereocenters. The predicted molar refractivity (Wildman–Crippen MR) is 156 cm³/mol. The van der Waals surface area contributed by atoms with Gasteiger partial charge < -0.3 is 16.0 Å². The van der Waals surface area contributed by atoms with E-state index < -0.39 is 21.0 Å². The van der Waals surface area contributed by atoms with Gasteiger partial charge in [-0.3, -0.25) is 19.9 Å². The summed E-state index contributed by atoms with van der Waals surface area (Å²) in [7, 11) is -3.66. The molecular weight excluding hydrogens is 561 g/mol. The quantitative estimate of drug-likeness (QED) is 0.214. The number of carbonyl (C=O) groups is 1. The van der Waals surface area contributed by atoms with E-state index in [1.165, 1.54) is 18.3 Å². The second kappa shape index (κ2) is 10.4. The fourth-order valence-corrected chi connectivity index (χ4v) is 5.19. The Hall–Kier alpha value is -5.08. The Balaban J connectivity index is 1.42. The number of pyridine rings is 3. The van der Waals surface area contributed by atoms with Crippen molar-refractivity contribution in [2.75, 3.05) is 11.6 Å². The van der Waals surface area contributed by atoms with Crippen molar-refractivity contribution in [1.29, 1.82) is 0 Å². The molecule has 0 saturated carbocycles. The number of H-pyrrole nitrogens is 2. The van der Waals surface area contributed by atoms with Crippen LogP contribution < -0.4 is 11.1 Å². The average molecular weight is 586 g/mol. The Morgan fingerprint density at radius 2 is 1.81 bits per heavy atom. The maximum absolute atomic E-state index is 14.6. The zero-order chi connectivity index (χ0) is 29.6. The van der Waals surface area contributed by atoms with Crippen LogP contribution in [0.3, 0.4) is 0 Å². The maximum Gasteiger partial charge on any atom is 0.224 e. The van der Waals surface area contributed by atoms with Gasteiger partial charge in [0.05, 0.1) is 40.3 Å². The Morgan fingerprint density at radius 1 is 1.00 bits per heavy atom. The van der Waals surface area contributed by atoms with Crippen molar-refractivity contribution in [3.63, 3.8) is 0 Å². The zero-order valence-corrected chi connectivity index (χ0v) is 23.2. The molecule has 0 aliphatic rings. The normalized spacial score (nSPS) is 12.6. The molecule has 0 radical (unpaired) electrons. The molecule has 0 bridgehead atoms. The lowest BCUT2D eigenvalue weighted by Gasteiger charge is -2.12. The third-order valence-electron chi connectivity index (χ3n) is 6.69. The van der Waals surface area contributed by atoms with Crippen LogP contribution in [-0.4, -0.2) is 55.7 Å². The highest BCUT2D eigenvalue weighted by Gasteiger charge is 2.21. The summed E-state index contributed by atoms with van der Waals surface area (Å²) in [6, 6.07) is 9.32. The van der Waals surface area contributed by atoms with Gasteiger partial charge >= 0.3 is 0 Å². The molecule has 1 amide bonds. The number of rotatable bonds is 7. The van der Waals surface area contributed by atoms with Gasteiger partial charge in [0, 0.05) is 36.2 Å². The summed E-state index contributed by atoms with van der Waals surface area (Å²) in [5.74, 6) is -0.375. The number of nitrogens with two attached hydrogens (primary N) is 1. The number of aromatic nitrogens is 7. The lowest BCUT2D eigenvalue weighted by atomic mass is 10.0. The van der Waals surface area contributed by atoms with Crippen LogP contribution in [0.1, 0.15) is 24.3 Å². The van der Waals surface area contributed by atoms with Gasteiger partial charge in [0.2, 0.25) is 5.91 Å². The zero-order valence-electron chi connectivity index (χ0n) is 22.4. The second-order valence-corrected chi connectivity index (χ2v) is 11.9. The van der Waals surface area contributed by atoms with E-state index >= 15 is 0 Å². The lowest BCUT2D eigenvalue weighted by molar-refractivity contribution is -0.115.